The molecule has 0 aliphatic rings. The van der Waals surface area contributed by atoms with Crippen LogP contribution in [0.15, 0.2) is 0 Å². The number of carbonyl (C=O) groups is 2. The van der Waals surface area contributed by atoms with Crippen molar-refractivity contribution in [2.24, 2.45) is 0 Å². The maximum absolute atomic E-state index is 10.5. The van der Waals surface area contributed by atoms with Crippen LogP contribution in [0.5, 0.6) is 0 Å². The predicted molar refractivity (Wildman–Crippen MR) is 38.9 cm³/mol. The molecule has 0 saturated heterocycles. The number of carboxylic acids is 2. The summed E-state index contributed by atoms with van der Waals surface area (Å²) in [4.78, 5) is 23.4. The first kappa shape index (κ1) is 9.31. The summed E-state index contributed by atoms with van der Waals surface area (Å²) in [5.41, 5.74) is 0.0742. The molecule has 0 saturated carbocycles. The molecule has 0 spiro atoms. The quantitative estimate of drug-likeness (QED) is 0.591. The number of rotatable bonds is 2. The average molecular weight is 181 g/mol. The number of aryl methyl sites for hydroxylation is 1. The Hall–Kier alpha value is -1.78. The van der Waals surface area contributed by atoms with E-state index in [0.717, 1.165) is 0 Å². The Morgan fingerprint density at radius 3 is 1.92 bits per heavy atom. The van der Waals surface area contributed by atoms with Crippen molar-refractivity contribution in [2.75, 3.05) is 0 Å². The van der Waals surface area contributed by atoms with Crippen LogP contribution >= 0.6 is 0 Å². The lowest BCUT2D eigenvalue weighted by Gasteiger charge is -2.03. The van der Waals surface area contributed by atoms with Crippen LogP contribution in [0.3, 0.4) is 0 Å². The van der Waals surface area contributed by atoms with Crippen LogP contribution in [-0.2, 0) is 0 Å². The smallest absolute Gasteiger partial charge is 0.0881 e. The molecule has 1 N–H and O–H groups in total. The second-order valence-corrected chi connectivity index (χ2v) is 2.70. The zero-order chi connectivity index (χ0) is 10.2. The second kappa shape index (κ2) is 2.93. The van der Waals surface area contributed by atoms with E-state index in [0.29, 0.717) is 0 Å². The minimum Gasteiger partial charge on any atom is -0.545 e. The highest BCUT2D eigenvalue weighted by Crippen LogP contribution is 2.15. The molecular formula is C8H7NO4-2. The van der Waals surface area contributed by atoms with Crippen molar-refractivity contribution in [1.29, 1.82) is 0 Å². The zero-order valence-corrected chi connectivity index (χ0v) is 7.13. The summed E-state index contributed by atoms with van der Waals surface area (Å²) in [6, 6.07) is 0. The number of hydrogen-bond acceptors (Lipinski definition) is 4. The van der Waals surface area contributed by atoms with E-state index in [4.69, 9.17) is 0 Å². The fourth-order valence-corrected chi connectivity index (χ4v) is 1.26. The molecular weight excluding hydrogens is 174 g/mol. The second-order valence-electron chi connectivity index (χ2n) is 2.70. The van der Waals surface area contributed by atoms with Gasteiger partial charge in [0.15, 0.2) is 0 Å². The molecule has 0 bridgehead atoms. The van der Waals surface area contributed by atoms with Gasteiger partial charge in [-0.05, 0) is 19.4 Å². The predicted octanol–water partition coefficient (Wildman–Crippen LogP) is -1.64. The molecule has 0 aliphatic carbocycles. The van der Waals surface area contributed by atoms with Crippen molar-refractivity contribution in [3.8, 4) is 0 Å². The van der Waals surface area contributed by atoms with E-state index in [9.17, 15) is 19.8 Å². The van der Waals surface area contributed by atoms with Gasteiger partial charge in [0.2, 0.25) is 0 Å². The molecule has 0 aliphatic heterocycles. The summed E-state index contributed by atoms with van der Waals surface area (Å²) in [5, 5.41) is 21.0. The van der Waals surface area contributed by atoms with Gasteiger partial charge >= 0.3 is 0 Å². The van der Waals surface area contributed by atoms with Gasteiger partial charge < -0.3 is 24.8 Å². The number of aromatic nitrogens is 1. The first-order valence-electron chi connectivity index (χ1n) is 3.57. The molecule has 1 aromatic rings. The van der Waals surface area contributed by atoms with Gasteiger partial charge in [0.1, 0.15) is 0 Å². The van der Waals surface area contributed by atoms with Crippen LogP contribution in [-0.4, -0.2) is 16.9 Å². The Bertz CT molecular complexity index is 378. The topological polar surface area (TPSA) is 96.1 Å². The van der Waals surface area contributed by atoms with E-state index in [2.05, 4.69) is 4.98 Å². The molecule has 13 heavy (non-hydrogen) atoms. The molecule has 1 aromatic heterocycles. The monoisotopic (exact) mass is 181 g/mol. The number of H-pyrrole nitrogens is 1. The first-order chi connectivity index (χ1) is 5.95. The molecule has 5 nitrogen and oxygen atoms in total. The Balaban J connectivity index is 3.39. The van der Waals surface area contributed by atoms with Crippen molar-refractivity contribution in [3.63, 3.8) is 0 Å². The molecule has 5 heteroatoms. The van der Waals surface area contributed by atoms with Crippen molar-refractivity contribution >= 4 is 11.9 Å². The van der Waals surface area contributed by atoms with E-state index in [1.165, 1.54) is 13.8 Å². The lowest BCUT2D eigenvalue weighted by Crippen LogP contribution is -2.25. The summed E-state index contributed by atoms with van der Waals surface area (Å²) in [6.07, 6.45) is 0. The van der Waals surface area contributed by atoms with Gasteiger partial charge in [-0.3, -0.25) is 0 Å². The molecule has 1 rings (SSSR count). The maximum Gasteiger partial charge on any atom is 0.0881 e. The standard InChI is InChI=1S/C8H9NO4/c1-3-5(7(10)11)4(2)9-6(3)8(12)13/h9H,1-2H3,(H,10,11)(H,12,13)/p-2. The SMILES string of the molecule is Cc1[nH]c(C(=O)[O-])c(C)c1C(=O)[O-]. The molecule has 0 amide bonds. The van der Waals surface area contributed by atoms with Gasteiger partial charge in [-0.25, -0.2) is 0 Å². The van der Waals surface area contributed by atoms with Gasteiger partial charge in [0, 0.05) is 11.3 Å². The minimum atomic E-state index is -1.42. The van der Waals surface area contributed by atoms with Gasteiger partial charge in [-0.2, -0.15) is 0 Å². The average Bonchev–Trinajstić information content (AvgIpc) is 2.26. The Kier molecular flexibility index (Phi) is 2.10. The highest BCUT2D eigenvalue weighted by molar-refractivity contribution is 5.95. The summed E-state index contributed by atoms with van der Waals surface area (Å²) in [6.45, 7) is 2.85. The van der Waals surface area contributed by atoms with E-state index < -0.39 is 11.9 Å². The van der Waals surface area contributed by atoms with Gasteiger partial charge in [0.05, 0.1) is 17.6 Å². The lowest BCUT2D eigenvalue weighted by atomic mass is 10.1. The molecule has 0 aromatic carbocycles. The molecule has 70 valence electrons. The molecule has 1 heterocycles. The van der Waals surface area contributed by atoms with Gasteiger partial charge in [-0.15, -0.1) is 0 Å². The third-order valence-corrected chi connectivity index (χ3v) is 1.85. The van der Waals surface area contributed by atoms with E-state index in [1.807, 2.05) is 0 Å². The van der Waals surface area contributed by atoms with Crippen molar-refractivity contribution < 1.29 is 19.8 Å². The largest absolute Gasteiger partial charge is 0.545 e. The van der Waals surface area contributed by atoms with Crippen LogP contribution < -0.4 is 10.2 Å². The fraction of sp³-hybridized carbons (Fsp3) is 0.250. The summed E-state index contributed by atoms with van der Waals surface area (Å²) in [5.74, 6) is -2.81. The lowest BCUT2D eigenvalue weighted by molar-refractivity contribution is -0.255. The normalized spacial score (nSPS) is 10.0. The van der Waals surface area contributed by atoms with Crippen LogP contribution in [0.25, 0.3) is 0 Å². The first-order valence-corrected chi connectivity index (χ1v) is 3.57. The Morgan fingerprint density at radius 2 is 1.69 bits per heavy atom. The zero-order valence-electron chi connectivity index (χ0n) is 7.13. The van der Waals surface area contributed by atoms with Crippen LogP contribution in [0, 0.1) is 13.8 Å². The number of aromatic carboxylic acids is 2. The van der Waals surface area contributed by atoms with E-state index in [-0.39, 0.29) is 22.5 Å². The third kappa shape index (κ3) is 1.40. The highest BCUT2D eigenvalue weighted by Gasteiger charge is 2.12. The Labute approximate surface area is 74.0 Å². The van der Waals surface area contributed by atoms with Gasteiger partial charge in [0.25, 0.3) is 0 Å². The van der Waals surface area contributed by atoms with Crippen LogP contribution in [0.4, 0.5) is 0 Å². The number of carbonyl (C=O) groups excluding carboxylic acids is 2. The van der Waals surface area contributed by atoms with Crippen molar-refractivity contribution in [1.82, 2.24) is 4.98 Å². The van der Waals surface area contributed by atoms with Crippen molar-refractivity contribution in [2.45, 2.75) is 13.8 Å². The number of aromatic amines is 1. The fourth-order valence-electron chi connectivity index (χ4n) is 1.26. The summed E-state index contributed by atoms with van der Waals surface area (Å²) in [7, 11) is 0. The number of nitrogens with one attached hydrogen (secondary N) is 1. The van der Waals surface area contributed by atoms with E-state index in [1.54, 1.807) is 0 Å². The number of hydrogen-bond donors (Lipinski definition) is 1. The van der Waals surface area contributed by atoms with Crippen LogP contribution in [0.1, 0.15) is 32.1 Å². The Morgan fingerprint density at radius 1 is 1.15 bits per heavy atom. The molecule has 0 fully saturated rings. The number of carboxylic acid groups (broad SMARTS) is 2. The minimum absolute atomic E-state index is 0.112. The molecule has 0 atom stereocenters. The van der Waals surface area contributed by atoms with E-state index >= 15 is 0 Å². The van der Waals surface area contributed by atoms with Gasteiger partial charge in [-0.1, -0.05) is 0 Å². The highest BCUT2D eigenvalue weighted by atomic mass is 16.4. The molecule has 0 unspecified atom stereocenters. The third-order valence-electron chi connectivity index (χ3n) is 1.85. The van der Waals surface area contributed by atoms with Crippen molar-refractivity contribution in [3.05, 3.63) is 22.5 Å². The van der Waals surface area contributed by atoms with Crippen LogP contribution in [0.2, 0.25) is 0 Å². The summed E-state index contributed by atoms with van der Waals surface area (Å²) < 4.78 is 0. The maximum atomic E-state index is 10.5. The summed E-state index contributed by atoms with van der Waals surface area (Å²) >= 11 is 0. The molecule has 0 radical (unpaired) electrons.